The molecule has 2 heterocycles. The summed E-state index contributed by atoms with van der Waals surface area (Å²) in [6.07, 6.45) is -0.163. The van der Waals surface area contributed by atoms with E-state index in [1.54, 1.807) is 0 Å². The van der Waals surface area contributed by atoms with Gasteiger partial charge in [0.25, 0.3) is 11.4 Å². The number of hydrogen-bond donors (Lipinski definition) is 1. The normalized spacial score (nSPS) is 11.5. The van der Waals surface area contributed by atoms with Crippen molar-refractivity contribution in [2.24, 2.45) is 0 Å². The first-order valence-corrected chi connectivity index (χ1v) is 27.0. The Balaban J connectivity index is 1.02. The molecule has 466 valence electrons. The van der Waals surface area contributed by atoms with E-state index in [-0.39, 0.29) is 143 Å². The van der Waals surface area contributed by atoms with Crippen molar-refractivity contribution in [3.8, 4) is 28.7 Å². The largest absolute Gasteiger partial charge is 0.493 e. The van der Waals surface area contributed by atoms with Crippen LogP contribution in [0.2, 0.25) is 10.0 Å². The molecule has 4 aromatic carbocycles. The molecule has 0 saturated heterocycles. The molecule has 0 aliphatic carbocycles. The van der Waals surface area contributed by atoms with Crippen molar-refractivity contribution in [3.63, 3.8) is 0 Å². The Morgan fingerprint density at radius 2 is 0.966 bits per heavy atom. The van der Waals surface area contributed by atoms with Crippen molar-refractivity contribution in [1.82, 2.24) is 0 Å². The quantitative estimate of drug-likeness (QED) is 0.00765. The number of methoxy groups -OCH3 is 1. The van der Waals surface area contributed by atoms with Crippen LogP contribution in [0, 0.1) is 20.2 Å². The molecule has 0 fully saturated rings. The summed E-state index contributed by atoms with van der Waals surface area (Å²) in [5.74, 6) is -5.07. The zero-order chi connectivity index (χ0) is 64.2. The van der Waals surface area contributed by atoms with Crippen molar-refractivity contribution in [2.75, 3.05) is 60.0 Å². The number of nitrogens with zero attached hydrogens (tertiary/aromatic N) is 2. The maximum atomic E-state index is 13.1. The molecule has 0 radical (unpaired) electrons. The maximum absolute atomic E-state index is 13.1. The molecule has 30 heteroatoms. The molecule has 0 saturated carbocycles. The van der Waals surface area contributed by atoms with E-state index >= 15 is 0 Å². The van der Waals surface area contributed by atoms with Crippen molar-refractivity contribution in [3.05, 3.63) is 165 Å². The number of carbonyl (C=O) groups excluding carboxylic acids is 6. The SMILES string of the molecule is C=CC(=O)OCCOC(=O)CCCOc1cc([N+](=O)[O-])c(C(C)Oc2cc3oc(=O)c(C(=O)OCCOC(=O)c4cc5cc(Cl)c(OC(C)c6cc(OC)c(OCCCC(=O)OCCOC(=O)C=C)cc6[N+](=O)[O-])cc5oc4=O)cc3cc2Cl)cc1CO. The summed E-state index contributed by atoms with van der Waals surface area (Å²) < 4.78 is 69.2. The van der Waals surface area contributed by atoms with Gasteiger partial charge >= 0.3 is 47.1 Å². The van der Waals surface area contributed by atoms with Gasteiger partial charge in [0.05, 0.1) is 70.1 Å². The molecular weight excluding hydrogens is 1210 g/mol. The highest BCUT2D eigenvalue weighted by atomic mass is 35.5. The third-order valence-electron chi connectivity index (χ3n) is 12.2. The van der Waals surface area contributed by atoms with Gasteiger partial charge < -0.3 is 66.0 Å². The second-order valence-corrected chi connectivity index (χ2v) is 19.0. The molecule has 28 nitrogen and oxygen atoms in total. The lowest BCUT2D eigenvalue weighted by Gasteiger charge is -2.19. The van der Waals surface area contributed by atoms with E-state index in [1.165, 1.54) is 57.4 Å². The lowest BCUT2D eigenvalue weighted by atomic mass is 10.0. The van der Waals surface area contributed by atoms with E-state index in [9.17, 15) is 63.7 Å². The summed E-state index contributed by atoms with van der Waals surface area (Å²) in [5, 5.41) is 34.7. The number of aliphatic hydroxyl groups excluding tert-OH is 1. The summed E-state index contributed by atoms with van der Waals surface area (Å²) in [4.78, 5) is 122. The predicted molar refractivity (Wildman–Crippen MR) is 306 cm³/mol. The number of nitro groups is 2. The van der Waals surface area contributed by atoms with Gasteiger partial charge in [-0.3, -0.25) is 29.8 Å². The minimum atomic E-state index is -1.19. The Bertz CT molecular complexity index is 3540. The van der Waals surface area contributed by atoms with Crippen LogP contribution in [0.5, 0.6) is 28.7 Å². The van der Waals surface area contributed by atoms with Crippen LogP contribution >= 0.6 is 23.2 Å². The topological polar surface area (TPSA) is 371 Å². The second kappa shape index (κ2) is 31.9. The number of rotatable bonds is 33. The number of hydrogen-bond acceptors (Lipinski definition) is 26. The lowest BCUT2D eigenvalue weighted by Crippen LogP contribution is -2.21. The highest BCUT2D eigenvalue weighted by Gasteiger charge is 2.29. The van der Waals surface area contributed by atoms with Crippen molar-refractivity contribution in [1.29, 1.82) is 0 Å². The molecular formula is C58H54Cl2N2O26. The molecule has 0 aliphatic heterocycles. The van der Waals surface area contributed by atoms with Crippen LogP contribution in [0.15, 0.2) is 104 Å². The van der Waals surface area contributed by atoms with Crippen molar-refractivity contribution >= 4 is 92.3 Å². The molecule has 88 heavy (non-hydrogen) atoms. The van der Waals surface area contributed by atoms with E-state index in [1.807, 2.05) is 0 Å². The van der Waals surface area contributed by atoms with Crippen LogP contribution in [0.1, 0.15) is 89.1 Å². The van der Waals surface area contributed by atoms with E-state index in [4.69, 9.17) is 84.1 Å². The van der Waals surface area contributed by atoms with E-state index in [0.29, 0.717) is 0 Å². The van der Waals surface area contributed by atoms with Crippen molar-refractivity contribution < 1.29 is 105 Å². The van der Waals surface area contributed by atoms with E-state index in [0.717, 1.165) is 36.4 Å². The Kier molecular flexibility index (Phi) is 24.3. The number of ether oxygens (including phenoxy) is 11. The molecule has 2 unspecified atom stereocenters. The third-order valence-corrected chi connectivity index (χ3v) is 12.8. The second-order valence-electron chi connectivity index (χ2n) is 18.2. The standard InChI is InChI=1S/C58H54Cl2N2O26/c1-6-51(64)79-14-16-81-53(66)10-8-12-77-44-26-42(61(72)73)36(22-35(44)30-63)31(3)85-47-28-45-33(23-40(47)59)20-38(57(70)87-45)55(68)83-18-19-84-56(69)39-21-34-24-41(60)48(29-46(34)88-58(39)71)86-32(4)37-25-49(76-5)50(27-43(37)62(74)75)78-13-9-11-54(67)82-17-15-80-52(65)7-2/h6-7,20-29,31-32,63H,1-2,8-19,30H2,3-5H3. The Morgan fingerprint density at radius 1 is 0.557 bits per heavy atom. The molecule has 0 bridgehead atoms. The molecule has 0 spiro atoms. The zero-order valence-electron chi connectivity index (χ0n) is 47.0. The van der Waals surface area contributed by atoms with Crippen LogP contribution in [-0.4, -0.2) is 111 Å². The summed E-state index contributed by atoms with van der Waals surface area (Å²) >= 11 is 13.1. The smallest absolute Gasteiger partial charge is 0.351 e. The van der Waals surface area contributed by atoms with Crippen LogP contribution in [-0.2, 0) is 54.2 Å². The van der Waals surface area contributed by atoms with E-state index < -0.39 is 111 Å². The highest BCUT2D eigenvalue weighted by Crippen LogP contribution is 2.42. The molecule has 6 rings (SSSR count). The molecule has 1 N–H and O–H groups in total. The van der Waals surface area contributed by atoms with Gasteiger partial charge in [-0.05, 0) is 63.1 Å². The lowest BCUT2D eigenvalue weighted by molar-refractivity contribution is -0.386. The highest BCUT2D eigenvalue weighted by molar-refractivity contribution is 6.33. The first-order valence-electron chi connectivity index (χ1n) is 26.2. The molecule has 2 aromatic heterocycles. The predicted octanol–water partition coefficient (Wildman–Crippen LogP) is 8.68. The van der Waals surface area contributed by atoms with E-state index in [2.05, 4.69) is 13.2 Å². The number of aliphatic hydroxyl groups is 1. The molecule has 6 aromatic rings. The first kappa shape index (κ1) is 67.1. The summed E-state index contributed by atoms with van der Waals surface area (Å²) in [6, 6.07) is 12.1. The van der Waals surface area contributed by atoms with Gasteiger partial charge in [0.1, 0.15) is 91.4 Å². The fraction of sp³-hybridized carbons (Fsp3) is 0.310. The zero-order valence-corrected chi connectivity index (χ0v) is 48.5. The number of fused-ring (bicyclic) bond motifs is 2. The third kappa shape index (κ3) is 18.2. The molecule has 2 atom stereocenters. The number of nitro benzene ring substituents is 2. The van der Waals surface area contributed by atoms with Crippen molar-refractivity contribution in [2.45, 2.75) is 58.3 Å². The van der Waals surface area contributed by atoms with Gasteiger partial charge in [0, 0.05) is 53.5 Å². The van der Waals surface area contributed by atoms with Gasteiger partial charge in [0.2, 0.25) is 0 Å². The summed E-state index contributed by atoms with van der Waals surface area (Å²) in [5.41, 5.74) is -4.43. The Labute approximate surface area is 507 Å². The fourth-order valence-electron chi connectivity index (χ4n) is 7.99. The summed E-state index contributed by atoms with van der Waals surface area (Å²) in [6.45, 7) is 6.80. The minimum Gasteiger partial charge on any atom is -0.493 e. The minimum absolute atomic E-state index is 0.00473. The number of esters is 6. The average Bonchev–Trinajstić information content (AvgIpc) is 1.22. The number of benzene rings is 4. The number of halogens is 2. The van der Waals surface area contributed by atoms with Gasteiger partial charge in [-0.1, -0.05) is 36.4 Å². The average molecular weight is 1270 g/mol. The van der Waals surface area contributed by atoms with Crippen LogP contribution in [0.25, 0.3) is 21.9 Å². The number of carbonyl (C=O) groups is 6. The van der Waals surface area contributed by atoms with Gasteiger partial charge in [-0.2, -0.15) is 0 Å². The monoisotopic (exact) mass is 1260 g/mol. The van der Waals surface area contributed by atoms with Crippen LogP contribution in [0.3, 0.4) is 0 Å². The molecule has 0 aliphatic rings. The first-order chi connectivity index (χ1) is 42.0. The van der Waals surface area contributed by atoms with Gasteiger partial charge in [-0.15, -0.1) is 0 Å². The Morgan fingerprint density at radius 3 is 1.39 bits per heavy atom. The fourth-order valence-corrected chi connectivity index (χ4v) is 8.42. The summed E-state index contributed by atoms with van der Waals surface area (Å²) in [7, 11) is 1.30. The van der Waals surface area contributed by atoms with Gasteiger partial charge in [-0.25, -0.2) is 28.8 Å². The maximum Gasteiger partial charge on any atom is 0.351 e. The van der Waals surface area contributed by atoms with Gasteiger partial charge in [0.15, 0.2) is 11.5 Å². The molecule has 0 amide bonds. The van der Waals surface area contributed by atoms with Crippen LogP contribution in [0.4, 0.5) is 11.4 Å². The Hall–Kier alpha value is -10.1. The van der Waals surface area contributed by atoms with Crippen LogP contribution < -0.4 is 34.9 Å².